The molecule has 1 aromatic carbocycles. The zero-order valence-corrected chi connectivity index (χ0v) is 16.8. The monoisotopic (exact) mass is 388 g/mol. The summed E-state index contributed by atoms with van der Waals surface area (Å²) in [6, 6.07) is 8.71. The van der Waals surface area contributed by atoms with Gasteiger partial charge in [0.2, 0.25) is 0 Å². The summed E-state index contributed by atoms with van der Waals surface area (Å²) in [5.74, 6) is 1.81. The van der Waals surface area contributed by atoms with Gasteiger partial charge >= 0.3 is 0 Å². The molecule has 6 rings (SSSR count). The molecule has 0 bridgehead atoms. The first kappa shape index (κ1) is 17.5. The standard InChI is InChI=1S/C24H28N4O/c29-23(28-13-10-20(16-28)27-11-1-2-12-27)18-8-6-17(7-9-18)14-22-25-21-5-3-4-19-15-24(19,21)26-22/h3-9,19-20H,1-2,10-16H2,(H,25,26)/t19?,20-,24?/m0/s1. The van der Waals surface area contributed by atoms with Crippen LogP contribution in [-0.4, -0.2) is 59.3 Å². The average Bonchev–Trinajstić information content (AvgIpc) is 3.17. The molecule has 1 aromatic rings. The number of allylic oxidation sites excluding steroid dienone is 2. The van der Waals surface area contributed by atoms with Crippen LogP contribution in [0.1, 0.15) is 41.6 Å². The van der Waals surface area contributed by atoms with Crippen molar-refractivity contribution in [1.82, 2.24) is 15.1 Å². The van der Waals surface area contributed by atoms with Gasteiger partial charge in [-0.15, -0.1) is 0 Å². The van der Waals surface area contributed by atoms with Gasteiger partial charge in [-0.2, -0.15) is 0 Å². The molecule has 3 atom stereocenters. The lowest BCUT2D eigenvalue weighted by Gasteiger charge is -2.23. The molecular weight excluding hydrogens is 360 g/mol. The molecule has 1 N–H and O–H groups in total. The number of likely N-dealkylation sites (tertiary alicyclic amines) is 2. The minimum absolute atomic E-state index is 0.0294. The van der Waals surface area contributed by atoms with Crippen molar-refractivity contribution < 1.29 is 4.79 Å². The van der Waals surface area contributed by atoms with E-state index in [4.69, 9.17) is 4.99 Å². The van der Waals surface area contributed by atoms with Crippen molar-refractivity contribution in [2.75, 3.05) is 26.2 Å². The first-order valence-corrected chi connectivity index (χ1v) is 11.1. The first-order valence-electron chi connectivity index (χ1n) is 11.1. The normalized spacial score (nSPS) is 32.5. The maximum Gasteiger partial charge on any atom is 0.253 e. The summed E-state index contributed by atoms with van der Waals surface area (Å²) in [4.78, 5) is 22.5. The third-order valence-electron chi connectivity index (χ3n) is 7.35. The number of hydrogen-bond acceptors (Lipinski definition) is 4. The smallest absolute Gasteiger partial charge is 0.253 e. The minimum Gasteiger partial charge on any atom is -0.345 e. The Kier molecular flexibility index (Phi) is 3.95. The van der Waals surface area contributed by atoms with Gasteiger partial charge in [0.1, 0.15) is 11.4 Å². The SMILES string of the molecule is O=C(c1ccc(CC2=NC34CC3C=CC=C4N2)cc1)N1CC[C@H](N2CCCC2)C1. The van der Waals surface area contributed by atoms with Crippen LogP contribution in [0.2, 0.25) is 0 Å². The molecule has 3 aliphatic heterocycles. The molecule has 2 saturated heterocycles. The summed E-state index contributed by atoms with van der Waals surface area (Å²) < 4.78 is 0. The number of rotatable bonds is 4. The number of carbonyl (C=O) groups is 1. The molecule has 29 heavy (non-hydrogen) atoms. The highest BCUT2D eigenvalue weighted by molar-refractivity contribution is 5.95. The van der Waals surface area contributed by atoms with Crippen LogP contribution in [0.15, 0.2) is 53.2 Å². The van der Waals surface area contributed by atoms with Crippen LogP contribution in [0.3, 0.4) is 0 Å². The molecule has 150 valence electrons. The molecule has 2 aliphatic carbocycles. The van der Waals surface area contributed by atoms with Crippen molar-refractivity contribution in [3.63, 3.8) is 0 Å². The van der Waals surface area contributed by atoms with E-state index < -0.39 is 0 Å². The van der Waals surface area contributed by atoms with E-state index in [2.05, 4.69) is 40.6 Å². The molecule has 1 saturated carbocycles. The van der Waals surface area contributed by atoms with Gasteiger partial charge in [0.15, 0.2) is 0 Å². The molecular formula is C24H28N4O. The van der Waals surface area contributed by atoms with Crippen LogP contribution in [0.25, 0.3) is 0 Å². The lowest BCUT2D eigenvalue weighted by atomic mass is 10.1. The maximum absolute atomic E-state index is 12.9. The van der Waals surface area contributed by atoms with Gasteiger partial charge in [-0.3, -0.25) is 14.7 Å². The molecule has 5 aliphatic rings. The molecule has 5 nitrogen and oxygen atoms in total. The summed E-state index contributed by atoms with van der Waals surface area (Å²) in [5.41, 5.74) is 3.29. The van der Waals surface area contributed by atoms with Crippen LogP contribution >= 0.6 is 0 Å². The highest BCUT2D eigenvalue weighted by Crippen LogP contribution is 2.56. The van der Waals surface area contributed by atoms with Gasteiger partial charge in [0.25, 0.3) is 5.91 Å². The van der Waals surface area contributed by atoms with Gasteiger partial charge in [-0.05, 0) is 62.5 Å². The second-order valence-electron chi connectivity index (χ2n) is 9.19. The molecule has 1 amide bonds. The Morgan fingerprint density at radius 1 is 1.17 bits per heavy atom. The number of amidine groups is 1. The lowest BCUT2D eigenvalue weighted by Crippen LogP contribution is -2.37. The number of hydrogen-bond donors (Lipinski definition) is 1. The van der Waals surface area contributed by atoms with Gasteiger partial charge < -0.3 is 10.2 Å². The Hall–Kier alpha value is -2.40. The van der Waals surface area contributed by atoms with Crippen LogP contribution in [0.4, 0.5) is 0 Å². The summed E-state index contributed by atoms with van der Waals surface area (Å²) in [7, 11) is 0. The number of nitrogens with zero attached hydrogens (tertiary/aromatic N) is 3. The molecule has 5 heteroatoms. The zero-order valence-electron chi connectivity index (χ0n) is 16.8. The summed E-state index contributed by atoms with van der Waals surface area (Å²) in [6.45, 7) is 4.17. The van der Waals surface area contributed by atoms with E-state index in [-0.39, 0.29) is 11.4 Å². The van der Waals surface area contributed by atoms with Crippen molar-refractivity contribution in [3.8, 4) is 0 Å². The van der Waals surface area contributed by atoms with Gasteiger partial charge in [-0.25, -0.2) is 0 Å². The molecule has 1 spiro atoms. The minimum atomic E-state index is 0.0294. The lowest BCUT2D eigenvalue weighted by molar-refractivity contribution is 0.0780. The number of carbonyl (C=O) groups excluding carboxylic acids is 1. The van der Waals surface area contributed by atoms with Crippen LogP contribution < -0.4 is 5.32 Å². The highest BCUT2D eigenvalue weighted by atomic mass is 16.2. The Morgan fingerprint density at radius 3 is 2.79 bits per heavy atom. The number of nitrogens with one attached hydrogen (secondary N) is 1. The second-order valence-corrected chi connectivity index (χ2v) is 9.19. The largest absolute Gasteiger partial charge is 0.345 e. The third-order valence-corrected chi connectivity index (χ3v) is 7.35. The fraction of sp³-hybridized carbons (Fsp3) is 0.500. The van der Waals surface area contributed by atoms with Gasteiger partial charge in [-0.1, -0.05) is 24.3 Å². The Morgan fingerprint density at radius 2 is 2.00 bits per heavy atom. The van der Waals surface area contributed by atoms with Crippen molar-refractivity contribution >= 4 is 11.7 Å². The van der Waals surface area contributed by atoms with Crippen molar-refractivity contribution in [2.45, 2.75) is 43.7 Å². The predicted octanol–water partition coefficient (Wildman–Crippen LogP) is 2.75. The van der Waals surface area contributed by atoms with Gasteiger partial charge in [0.05, 0.1) is 0 Å². The van der Waals surface area contributed by atoms with E-state index in [1.165, 1.54) is 37.2 Å². The fourth-order valence-electron chi connectivity index (χ4n) is 5.56. The van der Waals surface area contributed by atoms with E-state index in [0.29, 0.717) is 12.0 Å². The van der Waals surface area contributed by atoms with Crippen LogP contribution in [0, 0.1) is 5.92 Å². The summed E-state index contributed by atoms with van der Waals surface area (Å²) in [5, 5.41) is 3.52. The number of amides is 1. The summed E-state index contributed by atoms with van der Waals surface area (Å²) >= 11 is 0. The van der Waals surface area contributed by atoms with E-state index in [0.717, 1.165) is 43.8 Å². The van der Waals surface area contributed by atoms with E-state index in [1.54, 1.807) is 0 Å². The predicted molar refractivity (Wildman–Crippen MR) is 114 cm³/mol. The second kappa shape index (κ2) is 6.56. The topological polar surface area (TPSA) is 47.9 Å². The van der Waals surface area contributed by atoms with E-state index in [9.17, 15) is 4.79 Å². The summed E-state index contributed by atoms with van der Waals surface area (Å²) in [6.07, 6.45) is 12.2. The Bertz CT molecular complexity index is 925. The highest BCUT2D eigenvalue weighted by Gasteiger charge is 2.59. The van der Waals surface area contributed by atoms with Crippen molar-refractivity contribution in [1.29, 1.82) is 0 Å². The fourth-order valence-corrected chi connectivity index (χ4v) is 5.56. The molecule has 3 fully saturated rings. The van der Waals surface area contributed by atoms with Crippen LogP contribution in [0.5, 0.6) is 0 Å². The average molecular weight is 389 g/mol. The van der Waals surface area contributed by atoms with Crippen molar-refractivity contribution in [3.05, 3.63) is 59.3 Å². The molecule has 3 heterocycles. The van der Waals surface area contributed by atoms with E-state index in [1.807, 2.05) is 17.0 Å². The van der Waals surface area contributed by atoms with Gasteiger partial charge in [0, 0.05) is 42.7 Å². The Balaban J connectivity index is 1.09. The van der Waals surface area contributed by atoms with E-state index >= 15 is 0 Å². The number of benzene rings is 1. The molecule has 2 unspecified atom stereocenters. The maximum atomic E-state index is 12.9. The van der Waals surface area contributed by atoms with Crippen LogP contribution in [-0.2, 0) is 6.42 Å². The van der Waals surface area contributed by atoms with Crippen molar-refractivity contribution in [2.24, 2.45) is 10.9 Å². The first-order chi connectivity index (χ1) is 14.2. The third kappa shape index (κ3) is 2.94. The Labute approximate surface area is 172 Å². The zero-order chi connectivity index (χ0) is 19.4. The number of aliphatic imine (C=N–C) groups is 1. The molecule has 0 aromatic heterocycles. The quantitative estimate of drug-likeness (QED) is 0.863. The molecule has 0 radical (unpaired) electrons.